The third-order valence-corrected chi connectivity index (χ3v) is 5.81. The molecule has 122 valence electrons. The van der Waals surface area contributed by atoms with Gasteiger partial charge in [0.15, 0.2) is 5.60 Å². The molecule has 6 heteroatoms. The van der Waals surface area contributed by atoms with Crippen molar-refractivity contribution in [3.63, 3.8) is 0 Å². The van der Waals surface area contributed by atoms with Gasteiger partial charge in [-0.3, -0.25) is 9.59 Å². The average Bonchev–Trinajstić information content (AvgIpc) is 2.84. The maximum atomic E-state index is 13.2. The summed E-state index contributed by atoms with van der Waals surface area (Å²) in [6, 6.07) is 14.6. The van der Waals surface area contributed by atoms with E-state index in [1.54, 1.807) is 18.2 Å². The summed E-state index contributed by atoms with van der Waals surface area (Å²) in [5, 5.41) is 0. The lowest BCUT2D eigenvalue weighted by atomic mass is 9.73. The van der Waals surface area contributed by atoms with E-state index in [1.165, 1.54) is 6.92 Å². The van der Waals surface area contributed by atoms with Crippen LogP contribution < -0.4 is 4.90 Å². The second-order valence-electron chi connectivity index (χ2n) is 5.95. The van der Waals surface area contributed by atoms with Crippen LogP contribution in [-0.2, 0) is 24.8 Å². The van der Waals surface area contributed by atoms with Crippen LogP contribution in [0.4, 0.5) is 5.69 Å². The van der Waals surface area contributed by atoms with E-state index in [4.69, 9.17) is 16.3 Å². The highest BCUT2D eigenvalue weighted by Crippen LogP contribution is 2.62. The number of amides is 2. The summed E-state index contributed by atoms with van der Waals surface area (Å²) in [7, 11) is 0. The van der Waals surface area contributed by atoms with E-state index in [0.29, 0.717) is 11.3 Å². The molecule has 0 N–H and O–H groups in total. The van der Waals surface area contributed by atoms with Crippen LogP contribution in [0.1, 0.15) is 18.1 Å². The van der Waals surface area contributed by atoms with Crippen molar-refractivity contribution in [3.05, 3.63) is 64.1 Å². The molecule has 0 aliphatic carbocycles. The molecule has 4 nitrogen and oxygen atoms in total. The zero-order chi connectivity index (χ0) is 17.1. The fourth-order valence-electron chi connectivity index (χ4n) is 3.53. The van der Waals surface area contributed by atoms with Crippen molar-refractivity contribution in [1.29, 1.82) is 0 Å². The molecule has 2 aliphatic heterocycles. The number of hydrogen-bond acceptors (Lipinski definition) is 3. The van der Waals surface area contributed by atoms with Gasteiger partial charge >= 0.3 is 0 Å². The summed E-state index contributed by atoms with van der Waals surface area (Å²) in [5.41, 5.74) is 0.586. The third-order valence-electron chi connectivity index (χ3n) is 4.69. The molecule has 24 heavy (non-hydrogen) atoms. The molecule has 2 amide bonds. The first-order valence-corrected chi connectivity index (χ1v) is 8.62. The van der Waals surface area contributed by atoms with Crippen LogP contribution in [0.25, 0.3) is 0 Å². The first-order chi connectivity index (χ1) is 11.4. The van der Waals surface area contributed by atoms with Gasteiger partial charge in [-0.05, 0) is 23.8 Å². The van der Waals surface area contributed by atoms with E-state index in [-0.39, 0.29) is 12.5 Å². The van der Waals surface area contributed by atoms with Crippen LogP contribution in [0.2, 0.25) is 0 Å². The number of para-hydroxylation sites is 1. The summed E-state index contributed by atoms with van der Waals surface area (Å²) in [6.45, 7) is 1.56. The quantitative estimate of drug-likeness (QED) is 0.679. The van der Waals surface area contributed by atoms with Crippen molar-refractivity contribution in [2.75, 3.05) is 11.5 Å². The minimum Gasteiger partial charge on any atom is -0.356 e. The number of alkyl halides is 1. The molecule has 2 heterocycles. The maximum Gasteiger partial charge on any atom is 0.273 e. The van der Waals surface area contributed by atoms with Gasteiger partial charge in [-0.1, -0.05) is 46.3 Å². The number of benzene rings is 2. The van der Waals surface area contributed by atoms with Gasteiger partial charge in [-0.25, -0.2) is 4.90 Å². The van der Waals surface area contributed by atoms with Gasteiger partial charge in [-0.2, -0.15) is 0 Å². The molecule has 2 aliphatic rings. The number of ether oxygens (including phenoxy) is 1. The summed E-state index contributed by atoms with van der Waals surface area (Å²) >= 11 is 10.3. The van der Waals surface area contributed by atoms with Crippen molar-refractivity contribution in [2.45, 2.75) is 17.4 Å². The first-order valence-electron chi connectivity index (χ1n) is 7.45. The van der Waals surface area contributed by atoms with Gasteiger partial charge < -0.3 is 4.74 Å². The Morgan fingerprint density at radius 2 is 1.88 bits per heavy atom. The number of halogens is 2. The zero-order valence-corrected chi connectivity index (χ0v) is 15.1. The molecule has 1 saturated heterocycles. The lowest BCUT2D eigenvalue weighted by molar-refractivity contribution is -0.198. The Labute approximate surface area is 152 Å². The van der Waals surface area contributed by atoms with Crippen molar-refractivity contribution < 1.29 is 14.3 Å². The minimum absolute atomic E-state index is 0.196. The molecule has 1 spiro atoms. The maximum absolute atomic E-state index is 13.2. The Balaban J connectivity index is 1.93. The second kappa shape index (κ2) is 5.15. The Kier molecular flexibility index (Phi) is 3.39. The molecular formula is C18H13BrClNO3. The normalized spacial score (nSPS) is 28.0. The largest absolute Gasteiger partial charge is 0.356 e. The van der Waals surface area contributed by atoms with Gasteiger partial charge in [0.25, 0.3) is 5.91 Å². The topological polar surface area (TPSA) is 46.6 Å². The minimum atomic E-state index is -1.37. The summed E-state index contributed by atoms with van der Waals surface area (Å²) in [4.78, 5) is 25.3. The highest BCUT2D eigenvalue weighted by Gasteiger charge is 2.72. The van der Waals surface area contributed by atoms with E-state index < -0.39 is 16.4 Å². The van der Waals surface area contributed by atoms with Crippen LogP contribution >= 0.6 is 27.5 Å². The highest BCUT2D eigenvalue weighted by atomic mass is 79.9. The lowest BCUT2D eigenvalue weighted by Crippen LogP contribution is -2.65. The van der Waals surface area contributed by atoms with E-state index in [9.17, 15) is 9.59 Å². The fourth-order valence-corrected chi connectivity index (χ4v) is 4.21. The number of nitrogens with zero attached hydrogens (tertiary/aromatic N) is 1. The van der Waals surface area contributed by atoms with Gasteiger partial charge in [-0.15, -0.1) is 11.6 Å². The highest BCUT2D eigenvalue weighted by molar-refractivity contribution is 9.10. The summed E-state index contributed by atoms with van der Waals surface area (Å²) < 4.78 is 6.73. The Morgan fingerprint density at radius 1 is 1.21 bits per heavy atom. The summed E-state index contributed by atoms with van der Waals surface area (Å²) in [6.07, 6.45) is 0. The fraction of sp³-hybridized carbons (Fsp3) is 0.222. The molecule has 2 aromatic carbocycles. The van der Waals surface area contributed by atoms with Crippen molar-refractivity contribution >= 4 is 45.0 Å². The Bertz CT molecular complexity index is 869. The van der Waals surface area contributed by atoms with E-state index in [0.717, 1.165) is 14.9 Å². The monoisotopic (exact) mass is 405 g/mol. The SMILES string of the molecule is CC(=O)N1C(=O)C2(OCC2(Cl)c2ccc(Br)cc2)c2ccccc21. The number of anilines is 1. The number of hydrogen-bond donors (Lipinski definition) is 0. The number of imide groups is 1. The van der Waals surface area contributed by atoms with E-state index in [1.807, 2.05) is 30.3 Å². The van der Waals surface area contributed by atoms with E-state index >= 15 is 0 Å². The number of carbonyl (C=O) groups is 2. The third kappa shape index (κ3) is 1.78. The molecule has 0 saturated carbocycles. The molecular weight excluding hydrogens is 394 g/mol. The standard InChI is InChI=1S/C18H13BrClNO3/c1-11(22)21-15-5-3-2-4-14(15)18(16(21)23)17(20,10-24-18)12-6-8-13(19)9-7-12/h2-9H,10H2,1H3. The van der Waals surface area contributed by atoms with Gasteiger partial charge in [0.05, 0.1) is 12.3 Å². The number of fused-ring (bicyclic) bond motifs is 2. The smallest absolute Gasteiger partial charge is 0.273 e. The van der Waals surface area contributed by atoms with Crippen LogP contribution in [0.5, 0.6) is 0 Å². The number of carbonyl (C=O) groups excluding carboxylic acids is 2. The second-order valence-corrected chi connectivity index (χ2v) is 7.52. The lowest BCUT2D eigenvalue weighted by Gasteiger charge is -2.52. The van der Waals surface area contributed by atoms with Gasteiger partial charge in [0.2, 0.25) is 5.91 Å². The molecule has 1 fully saturated rings. The van der Waals surface area contributed by atoms with Crippen LogP contribution in [0.15, 0.2) is 53.0 Å². The van der Waals surface area contributed by atoms with Gasteiger partial charge in [0.1, 0.15) is 4.87 Å². The van der Waals surface area contributed by atoms with Crippen LogP contribution in [0.3, 0.4) is 0 Å². The molecule has 2 atom stereocenters. The molecule has 4 rings (SSSR count). The molecule has 2 aromatic rings. The van der Waals surface area contributed by atoms with E-state index in [2.05, 4.69) is 15.9 Å². The van der Waals surface area contributed by atoms with Crippen LogP contribution in [-0.4, -0.2) is 18.4 Å². The Hall–Kier alpha value is -1.69. The average molecular weight is 407 g/mol. The number of rotatable bonds is 1. The summed E-state index contributed by atoms with van der Waals surface area (Å²) in [5.74, 6) is -0.782. The molecule has 0 radical (unpaired) electrons. The molecule has 2 unspecified atom stereocenters. The van der Waals surface area contributed by atoms with Crippen molar-refractivity contribution in [3.8, 4) is 0 Å². The molecule has 0 aromatic heterocycles. The van der Waals surface area contributed by atoms with Crippen LogP contribution in [0, 0.1) is 0 Å². The van der Waals surface area contributed by atoms with Gasteiger partial charge in [0, 0.05) is 17.0 Å². The van der Waals surface area contributed by atoms with Crippen molar-refractivity contribution in [2.24, 2.45) is 0 Å². The predicted molar refractivity (Wildman–Crippen MR) is 93.9 cm³/mol. The van der Waals surface area contributed by atoms with Crippen molar-refractivity contribution in [1.82, 2.24) is 0 Å². The predicted octanol–water partition coefficient (Wildman–Crippen LogP) is 3.70. The Morgan fingerprint density at radius 3 is 2.46 bits per heavy atom. The molecule has 0 bridgehead atoms. The zero-order valence-electron chi connectivity index (χ0n) is 12.8. The first kappa shape index (κ1) is 15.8.